The number of piperidine rings is 1. The number of ketones is 2. The first-order valence-corrected chi connectivity index (χ1v) is 19.3. The molecule has 1 aromatic heterocycles. The Morgan fingerprint density at radius 2 is 1.70 bits per heavy atom. The number of hydrogen-bond donors (Lipinski definition) is 2. The number of amides is 1. The van der Waals surface area contributed by atoms with E-state index in [-0.39, 0.29) is 43.4 Å². The third-order valence-corrected chi connectivity index (χ3v) is 11.4. The quantitative estimate of drug-likeness (QED) is 0.228. The highest BCUT2D eigenvalue weighted by Gasteiger charge is 2.56. The molecule has 3 aliphatic rings. The number of carbonyl (C=O) groups is 4. The maximum Gasteiger partial charge on any atom is 0.329 e. The average molecular weight is 753 g/mol. The summed E-state index contributed by atoms with van der Waals surface area (Å²) in [6, 6.07) is 2.45. The van der Waals surface area contributed by atoms with E-state index in [9.17, 15) is 29.4 Å². The fourth-order valence-corrected chi connectivity index (χ4v) is 8.23. The minimum Gasteiger partial charge on any atom is -0.456 e. The monoisotopic (exact) mass is 752 g/mol. The molecule has 4 heterocycles. The number of Topliss-reactive ketones (excluding diaryl/α,β-unsaturated/α-hetero) is 2. The second-order valence-electron chi connectivity index (χ2n) is 15.6. The number of aromatic nitrogens is 1. The molecule has 2 N–H and O–H groups in total. The number of fused-ring (bicyclic) bond motifs is 3. The lowest BCUT2D eigenvalue weighted by Crippen LogP contribution is -2.64. The van der Waals surface area contributed by atoms with E-state index in [2.05, 4.69) is 18.5 Å². The van der Waals surface area contributed by atoms with Gasteiger partial charge in [-0.05, 0) is 92.5 Å². The van der Waals surface area contributed by atoms with Crippen molar-refractivity contribution in [1.29, 1.82) is 0 Å². The zero-order valence-corrected chi connectivity index (χ0v) is 32.9. The van der Waals surface area contributed by atoms with Crippen molar-refractivity contribution in [2.45, 2.75) is 128 Å². The molecule has 11 atom stereocenters. The van der Waals surface area contributed by atoms with Crippen molar-refractivity contribution in [2.24, 2.45) is 23.7 Å². The number of rotatable bonds is 6. The minimum absolute atomic E-state index is 0.0417. The Morgan fingerprint density at radius 3 is 2.35 bits per heavy atom. The van der Waals surface area contributed by atoms with Crippen LogP contribution >= 0.6 is 0 Å². The zero-order chi connectivity index (χ0) is 39.7. The molecule has 0 aliphatic carbocycles. The lowest BCUT2D eigenvalue weighted by Gasteiger charge is -2.47. The first-order valence-electron chi connectivity index (χ1n) is 19.3. The van der Waals surface area contributed by atoms with Crippen molar-refractivity contribution < 1.29 is 48.3 Å². The predicted octanol–water partition coefficient (Wildman–Crippen LogP) is 5.02. The summed E-state index contributed by atoms with van der Waals surface area (Å²) in [6.07, 6.45) is 7.28. The maximum atomic E-state index is 14.2. The van der Waals surface area contributed by atoms with Gasteiger partial charge in [0.2, 0.25) is 5.79 Å². The number of methoxy groups -OCH3 is 2. The Bertz CT molecular complexity index is 1540. The van der Waals surface area contributed by atoms with Crippen LogP contribution < -0.4 is 0 Å². The molecule has 298 valence electrons. The van der Waals surface area contributed by atoms with Crippen LogP contribution in [0.1, 0.15) is 91.5 Å². The van der Waals surface area contributed by atoms with E-state index in [1.807, 2.05) is 19.1 Å². The number of ether oxygens (including phenoxy) is 4. The van der Waals surface area contributed by atoms with Gasteiger partial charge in [0.05, 0.1) is 18.3 Å². The van der Waals surface area contributed by atoms with E-state index in [1.54, 1.807) is 51.4 Å². The lowest BCUT2D eigenvalue weighted by molar-refractivity contribution is -0.302. The summed E-state index contributed by atoms with van der Waals surface area (Å²) >= 11 is 0. The third kappa shape index (κ3) is 10.2. The van der Waals surface area contributed by atoms with Crippen molar-refractivity contribution >= 4 is 29.5 Å². The number of pyridine rings is 1. The lowest BCUT2D eigenvalue weighted by atomic mass is 9.81. The molecule has 2 fully saturated rings. The van der Waals surface area contributed by atoms with Gasteiger partial charge in [-0.25, -0.2) is 4.79 Å². The van der Waals surface area contributed by atoms with Crippen LogP contribution in [0, 0.1) is 23.7 Å². The second kappa shape index (κ2) is 19.4. The van der Waals surface area contributed by atoms with Gasteiger partial charge in [0.15, 0.2) is 5.78 Å². The molecule has 3 aliphatic heterocycles. The van der Waals surface area contributed by atoms with E-state index in [0.29, 0.717) is 43.3 Å². The Kier molecular flexibility index (Phi) is 15.5. The van der Waals surface area contributed by atoms with Gasteiger partial charge in [0.1, 0.15) is 18.2 Å². The molecule has 2 saturated heterocycles. The molecule has 1 aromatic rings. The molecule has 4 rings (SSSR count). The van der Waals surface area contributed by atoms with Crippen molar-refractivity contribution in [2.75, 3.05) is 20.8 Å². The first kappa shape index (κ1) is 43.2. The molecule has 2 bridgehead atoms. The summed E-state index contributed by atoms with van der Waals surface area (Å²) in [5.74, 6) is -7.25. The van der Waals surface area contributed by atoms with E-state index >= 15 is 0 Å². The van der Waals surface area contributed by atoms with Crippen LogP contribution in [0.3, 0.4) is 0 Å². The van der Waals surface area contributed by atoms with Gasteiger partial charge >= 0.3 is 5.97 Å². The zero-order valence-electron chi connectivity index (χ0n) is 32.9. The number of allylic oxidation sites excluding steroid dienone is 3. The largest absolute Gasteiger partial charge is 0.456 e. The van der Waals surface area contributed by atoms with Crippen LogP contribution in [-0.4, -0.2) is 107 Å². The molecule has 11 unspecified atom stereocenters. The summed E-state index contributed by atoms with van der Waals surface area (Å²) in [5.41, 5.74) is 1.93. The van der Waals surface area contributed by atoms with Gasteiger partial charge in [-0.2, -0.15) is 0 Å². The van der Waals surface area contributed by atoms with Crippen LogP contribution in [0.2, 0.25) is 0 Å². The van der Waals surface area contributed by atoms with Gasteiger partial charge in [-0.15, -0.1) is 6.58 Å². The van der Waals surface area contributed by atoms with Gasteiger partial charge in [0.25, 0.3) is 11.7 Å². The van der Waals surface area contributed by atoms with Crippen LogP contribution in [0.5, 0.6) is 0 Å². The van der Waals surface area contributed by atoms with Gasteiger partial charge in [0, 0.05) is 51.4 Å². The molecule has 0 aromatic carbocycles. The molecule has 0 saturated carbocycles. The molecule has 0 spiro atoms. The summed E-state index contributed by atoms with van der Waals surface area (Å²) < 4.78 is 24.1. The maximum absolute atomic E-state index is 14.2. The van der Waals surface area contributed by atoms with E-state index < -0.39 is 71.8 Å². The summed E-state index contributed by atoms with van der Waals surface area (Å²) in [7, 11) is 3.06. The van der Waals surface area contributed by atoms with Crippen molar-refractivity contribution in [3.63, 3.8) is 0 Å². The van der Waals surface area contributed by atoms with Gasteiger partial charge in [-0.1, -0.05) is 45.9 Å². The summed E-state index contributed by atoms with van der Waals surface area (Å²) in [6.45, 7) is 13.1. The van der Waals surface area contributed by atoms with Gasteiger partial charge in [-0.3, -0.25) is 19.4 Å². The predicted molar refractivity (Wildman–Crippen MR) is 203 cm³/mol. The highest BCUT2D eigenvalue weighted by Crippen LogP contribution is 2.39. The van der Waals surface area contributed by atoms with Gasteiger partial charge < -0.3 is 34.1 Å². The van der Waals surface area contributed by atoms with E-state index in [4.69, 9.17) is 18.9 Å². The highest BCUT2D eigenvalue weighted by molar-refractivity contribution is 6.39. The molecule has 12 nitrogen and oxygen atoms in total. The number of esters is 1. The Labute approximate surface area is 320 Å². The van der Waals surface area contributed by atoms with Crippen molar-refractivity contribution in [3.8, 4) is 0 Å². The number of aliphatic hydroxyl groups excluding tert-OH is 1. The number of carbonyl (C=O) groups excluding carboxylic acids is 4. The van der Waals surface area contributed by atoms with Crippen molar-refractivity contribution in [1.82, 2.24) is 9.88 Å². The normalized spacial score (nSPS) is 36.6. The third-order valence-electron chi connectivity index (χ3n) is 11.4. The van der Waals surface area contributed by atoms with E-state index in [0.717, 1.165) is 5.56 Å². The first-order chi connectivity index (χ1) is 25.6. The summed E-state index contributed by atoms with van der Waals surface area (Å²) in [4.78, 5) is 61.5. The Balaban J connectivity index is 1.80. The molecule has 54 heavy (non-hydrogen) atoms. The average Bonchev–Trinajstić information content (AvgIpc) is 3.15. The SMILES string of the molecule is C=CC/C1=C\C(C)CC(C)CC(OC)C2OC(O)(C(=O)C(=O)N3CCCCC3C(=O)OC(C(C)=Cc3ccncc3)C(C)C(O)CC1=O)C(C)CC2OC. The molecular formula is C42H60N2O10. The molecular weight excluding hydrogens is 692 g/mol. The Hall–Kier alpha value is -3.55. The number of hydrogen-bond acceptors (Lipinski definition) is 11. The molecule has 0 radical (unpaired) electrons. The topological polar surface area (TPSA) is 162 Å². The molecule has 1 amide bonds. The fraction of sp³-hybridized carbons (Fsp3) is 0.643. The Morgan fingerprint density at radius 1 is 1.04 bits per heavy atom. The van der Waals surface area contributed by atoms with Crippen LogP contribution in [0.25, 0.3) is 6.08 Å². The standard InChI is InChI=1S/C42H60N2O10/c1-9-12-31-20-25(2)19-26(3)21-35(51-7)38-36(52-8)23-28(5)42(50,54-38)39(47)40(48)44-18-11-10-13-32(44)41(49)53-37(29(6)33(45)24-34(31)46)27(4)22-30-14-16-43-17-15-30/h9,14-17,20,22,25-26,28-29,32-33,35-38,45,50H,1,10-13,18-19,21,23-24H2,2-8H3/b27-22?,31-20+. The van der Waals surface area contributed by atoms with Crippen LogP contribution in [0.15, 0.2) is 54.4 Å². The second-order valence-corrected chi connectivity index (χ2v) is 15.6. The smallest absolute Gasteiger partial charge is 0.329 e. The fourth-order valence-electron chi connectivity index (χ4n) is 8.23. The van der Waals surface area contributed by atoms with Crippen LogP contribution in [0.4, 0.5) is 0 Å². The number of cyclic esters (lactones) is 1. The highest BCUT2D eigenvalue weighted by atomic mass is 16.7. The van der Waals surface area contributed by atoms with Crippen molar-refractivity contribution in [3.05, 3.63) is 60.0 Å². The summed E-state index contributed by atoms with van der Waals surface area (Å²) in [5, 5.41) is 23.6. The minimum atomic E-state index is -2.50. The number of nitrogens with zero attached hydrogens (tertiary/aromatic N) is 2. The number of aliphatic hydroxyl groups is 2. The van der Waals surface area contributed by atoms with Crippen LogP contribution in [-0.2, 0) is 38.1 Å². The van der Waals surface area contributed by atoms with E-state index in [1.165, 1.54) is 19.1 Å². The molecule has 12 heteroatoms.